The summed E-state index contributed by atoms with van der Waals surface area (Å²) >= 11 is 4.93. The summed E-state index contributed by atoms with van der Waals surface area (Å²) in [6.07, 6.45) is 4.59. The first-order valence-corrected chi connectivity index (χ1v) is 6.99. The van der Waals surface area contributed by atoms with Gasteiger partial charge in [-0.15, -0.1) is 0 Å². The maximum absolute atomic E-state index is 11.7. The van der Waals surface area contributed by atoms with Crippen LogP contribution in [0.15, 0.2) is 24.3 Å². The van der Waals surface area contributed by atoms with Gasteiger partial charge in [-0.25, -0.2) is 4.79 Å². The molecule has 0 spiro atoms. The van der Waals surface area contributed by atoms with E-state index in [0.29, 0.717) is 17.6 Å². The molecule has 2 amide bonds. The minimum Gasteiger partial charge on any atom is -0.389 e. The van der Waals surface area contributed by atoms with Gasteiger partial charge in [0, 0.05) is 18.2 Å². The quantitative estimate of drug-likeness (QED) is 0.738. The summed E-state index contributed by atoms with van der Waals surface area (Å²) in [4.78, 5) is 12.1. The van der Waals surface area contributed by atoms with E-state index in [1.54, 1.807) is 0 Å². The smallest absolute Gasteiger partial charge is 0.315 e. The number of hydrogen-bond acceptors (Lipinski definition) is 2. The van der Waals surface area contributed by atoms with Crippen molar-refractivity contribution in [3.8, 4) is 0 Å². The van der Waals surface area contributed by atoms with Crippen molar-refractivity contribution in [2.45, 2.75) is 38.3 Å². The lowest BCUT2D eigenvalue weighted by molar-refractivity contribution is 0.236. The number of carbonyl (C=O) groups excluding carboxylic acids is 1. The Balaban J connectivity index is 1.82. The number of nitrogens with one attached hydrogen (secondary N) is 2. The van der Waals surface area contributed by atoms with Gasteiger partial charge in [0.05, 0.1) is 0 Å². The summed E-state index contributed by atoms with van der Waals surface area (Å²) in [5.41, 5.74) is 7.40. The van der Waals surface area contributed by atoms with Gasteiger partial charge >= 0.3 is 6.03 Å². The first-order chi connectivity index (χ1) is 9.15. The average Bonchev–Trinajstić information content (AvgIpc) is 2.89. The Morgan fingerprint density at radius 3 is 2.79 bits per heavy atom. The van der Waals surface area contributed by atoms with Crippen LogP contribution >= 0.6 is 12.2 Å². The highest BCUT2D eigenvalue weighted by molar-refractivity contribution is 7.80. The molecule has 0 heterocycles. The number of thiocarbonyl (C=S) groups is 1. The second-order valence-corrected chi connectivity index (χ2v) is 5.31. The molecular weight excluding hydrogens is 258 g/mol. The maximum Gasteiger partial charge on any atom is 0.315 e. The van der Waals surface area contributed by atoms with E-state index in [1.165, 1.54) is 12.8 Å². The lowest BCUT2D eigenvalue weighted by atomic mass is 10.1. The summed E-state index contributed by atoms with van der Waals surface area (Å²) in [5.74, 6) is 0. The average molecular weight is 277 g/mol. The van der Waals surface area contributed by atoms with Gasteiger partial charge in [0.1, 0.15) is 4.99 Å². The van der Waals surface area contributed by atoms with Crippen LogP contribution in [0.25, 0.3) is 0 Å². The number of hydrogen-bond donors (Lipinski definition) is 3. The molecule has 1 saturated carbocycles. The molecule has 4 N–H and O–H groups in total. The Kier molecular flexibility index (Phi) is 4.74. The van der Waals surface area contributed by atoms with Crippen LogP contribution in [-0.4, -0.2) is 17.1 Å². The summed E-state index contributed by atoms with van der Waals surface area (Å²) in [6.45, 7) is 0.481. The monoisotopic (exact) mass is 277 g/mol. The van der Waals surface area contributed by atoms with Crippen LogP contribution < -0.4 is 16.4 Å². The minimum atomic E-state index is -0.104. The van der Waals surface area contributed by atoms with E-state index in [1.807, 2.05) is 24.3 Å². The molecule has 1 aliphatic rings. The van der Waals surface area contributed by atoms with Gasteiger partial charge in [-0.3, -0.25) is 0 Å². The molecule has 19 heavy (non-hydrogen) atoms. The largest absolute Gasteiger partial charge is 0.389 e. The number of rotatable bonds is 4. The fraction of sp³-hybridized carbons (Fsp3) is 0.429. The molecule has 0 saturated heterocycles. The van der Waals surface area contributed by atoms with Gasteiger partial charge in [0.15, 0.2) is 0 Å². The molecule has 5 heteroatoms. The molecular formula is C14H19N3OS. The van der Waals surface area contributed by atoms with Crippen molar-refractivity contribution in [3.05, 3.63) is 35.4 Å². The van der Waals surface area contributed by atoms with Crippen molar-refractivity contribution in [1.29, 1.82) is 0 Å². The Bertz CT molecular complexity index is 470. The fourth-order valence-corrected chi connectivity index (χ4v) is 2.45. The highest BCUT2D eigenvalue weighted by Gasteiger charge is 2.16. The number of amides is 2. The number of urea groups is 1. The van der Waals surface area contributed by atoms with Crippen molar-refractivity contribution >= 4 is 23.2 Å². The van der Waals surface area contributed by atoms with E-state index in [9.17, 15) is 4.79 Å². The zero-order valence-corrected chi connectivity index (χ0v) is 11.6. The van der Waals surface area contributed by atoms with Crippen molar-refractivity contribution in [1.82, 2.24) is 10.6 Å². The molecule has 2 rings (SSSR count). The Hall–Kier alpha value is -1.62. The third-order valence-electron chi connectivity index (χ3n) is 3.35. The fourth-order valence-electron chi connectivity index (χ4n) is 2.32. The van der Waals surface area contributed by atoms with E-state index in [4.69, 9.17) is 18.0 Å². The topological polar surface area (TPSA) is 67.1 Å². The maximum atomic E-state index is 11.7. The second-order valence-electron chi connectivity index (χ2n) is 4.87. The predicted octanol–water partition coefficient (Wildman–Crippen LogP) is 2.06. The highest BCUT2D eigenvalue weighted by Crippen LogP contribution is 2.17. The van der Waals surface area contributed by atoms with E-state index >= 15 is 0 Å². The molecule has 0 bridgehead atoms. The van der Waals surface area contributed by atoms with Gasteiger partial charge in [0.25, 0.3) is 0 Å². The number of carbonyl (C=O) groups is 1. The molecule has 0 unspecified atom stereocenters. The van der Waals surface area contributed by atoms with Gasteiger partial charge in [-0.05, 0) is 24.5 Å². The van der Waals surface area contributed by atoms with E-state index in [2.05, 4.69) is 10.6 Å². The molecule has 1 fully saturated rings. The van der Waals surface area contributed by atoms with Gasteiger partial charge in [0.2, 0.25) is 0 Å². The first-order valence-electron chi connectivity index (χ1n) is 6.58. The van der Waals surface area contributed by atoms with Crippen LogP contribution in [0.4, 0.5) is 4.79 Å². The molecule has 0 aliphatic heterocycles. The Morgan fingerprint density at radius 2 is 2.11 bits per heavy atom. The van der Waals surface area contributed by atoms with Gasteiger partial charge < -0.3 is 16.4 Å². The zero-order chi connectivity index (χ0) is 13.7. The van der Waals surface area contributed by atoms with Gasteiger partial charge in [-0.2, -0.15) is 0 Å². The molecule has 0 atom stereocenters. The standard InChI is InChI=1S/C14H19N3OS/c15-13(19)11-5-3-4-10(8-11)9-16-14(18)17-12-6-1-2-7-12/h3-5,8,12H,1-2,6-7,9H2,(H2,15,19)(H2,16,17,18). The normalized spacial score (nSPS) is 15.2. The van der Waals surface area contributed by atoms with Crippen LogP contribution in [-0.2, 0) is 6.54 Å². The van der Waals surface area contributed by atoms with Crippen LogP contribution in [0.2, 0.25) is 0 Å². The van der Waals surface area contributed by atoms with E-state index in [0.717, 1.165) is 24.0 Å². The molecule has 1 aliphatic carbocycles. The molecule has 4 nitrogen and oxygen atoms in total. The minimum absolute atomic E-state index is 0.104. The molecule has 1 aromatic rings. The van der Waals surface area contributed by atoms with E-state index < -0.39 is 0 Å². The van der Waals surface area contributed by atoms with Crippen LogP contribution in [0.5, 0.6) is 0 Å². The van der Waals surface area contributed by atoms with Crippen LogP contribution in [0, 0.1) is 0 Å². The highest BCUT2D eigenvalue weighted by atomic mass is 32.1. The Labute approximate surface area is 118 Å². The summed E-state index contributed by atoms with van der Waals surface area (Å²) < 4.78 is 0. The molecule has 0 radical (unpaired) electrons. The molecule has 1 aromatic carbocycles. The van der Waals surface area contributed by atoms with Gasteiger partial charge in [-0.1, -0.05) is 43.3 Å². The third kappa shape index (κ3) is 4.21. The van der Waals surface area contributed by atoms with Crippen molar-refractivity contribution in [2.75, 3.05) is 0 Å². The lowest BCUT2D eigenvalue weighted by Crippen LogP contribution is -2.40. The summed E-state index contributed by atoms with van der Waals surface area (Å²) in [6, 6.07) is 7.83. The van der Waals surface area contributed by atoms with E-state index in [-0.39, 0.29) is 6.03 Å². The molecule has 0 aromatic heterocycles. The SMILES string of the molecule is NC(=S)c1cccc(CNC(=O)NC2CCCC2)c1. The number of nitrogens with two attached hydrogens (primary N) is 1. The first kappa shape index (κ1) is 13.8. The predicted molar refractivity (Wildman–Crippen MR) is 80.0 cm³/mol. The van der Waals surface area contributed by atoms with Crippen molar-refractivity contribution in [2.24, 2.45) is 5.73 Å². The molecule has 102 valence electrons. The van der Waals surface area contributed by atoms with Crippen LogP contribution in [0.3, 0.4) is 0 Å². The lowest BCUT2D eigenvalue weighted by Gasteiger charge is -2.13. The second kappa shape index (κ2) is 6.52. The Morgan fingerprint density at radius 1 is 1.37 bits per heavy atom. The zero-order valence-electron chi connectivity index (χ0n) is 10.8. The summed E-state index contributed by atoms with van der Waals surface area (Å²) in [5, 5.41) is 5.84. The van der Waals surface area contributed by atoms with Crippen LogP contribution in [0.1, 0.15) is 36.8 Å². The number of benzene rings is 1. The van der Waals surface area contributed by atoms with Crippen molar-refractivity contribution < 1.29 is 4.79 Å². The summed E-state index contributed by atoms with van der Waals surface area (Å²) in [7, 11) is 0. The van der Waals surface area contributed by atoms with Crippen molar-refractivity contribution in [3.63, 3.8) is 0 Å². The third-order valence-corrected chi connectivity index (χ3v) is 3.59.